The molecular formula is C20H44N+. The van der Waals surface area contributed by atoms with Crippen molar-refractivity contribution in [1.29, 1.82) is 0 Å². The molecule has 0 heterocycles. The Labute approximate surface area is 136 Å². The average molecular weight is 299 g/mol. The van der Waals surface area contributed by atoms with Crippen LogP contribution in [-0.2, 0) is 0 Å². The summed E-state index contributed by atoms with van der Waals surface area (Å²) in [5.74, 6) is 0. The minimum atomic E-state index is 1.24. The lowest BCUT2D eigenvalue weighted by atomic mass is 10.1. The summed E-state index contributed by atoms with van der Waals surface area (Å²) in [6, 6.07) is 0. The Morgan fingerprint density at radius 1 is 0.429 bits per heavy atom. The number of nitrogens with zero attached hydrogens (tertiary/aromatic N) is 1. The Balaban J connectivity index is 3.28. The maximum absolute atomic E-state index is 2.42. The highest BCUT2D eigenvalue weighted by Crippen LogP contribution is 2.12. The molecule has 1 nitrogen and oxygen atoms in total. The molecule has 0 spiro atoms. The zero-order valence-corrected chi connectivity index (χ0v) is 15.8. The Morgan fingerprint density at radius 3 is 1.10 bits per heavy atom. The maximum atomic E-state index is 2.42. The van der Waals surface area contributed by atoms with Crippen LogP contribution < -0.4 is 0 Å². The second kappa shape index (κ2) is 14.9. The van der Waals surface area contributed by atoms with E-state index in [1.165, 1.54) is 107 Å². The molecule has 0 radical (unpaired) electrons. The summed E-state index contributed by atoms with van der Waals surface area (Å²) in [6.07, 6.45) is 20.1. The van der Waals surface area contributed by atoms with Gasteiger partial charge in [-0.1, -0.05) is 78.1 Å². The van der Waals surface area contributed by atoms with E-state index in [-0.39, 0.29) is 0 Å². The van der Waals surface area contributed by atoms with E-state index in [1.54, 1.807) is 0 Å². The molecule has 0 saturated heterocycles. The van der Waals surface area contributed by atoms with Gasteiger partial charge in [0.25, 0.3) is 0 Å². The van der Waals surface area contributed by atoms with Crippen LogP contribution >= 0.6 is 0 Å². The molecule has 0 N–H and O–H groups in total. The van der Waals surface area contributed by atoms with E-state index in [1.807, 2.05) is 0 Å². The van der Waals surface area contributed by atoms with Crippen LogP contribution in [0.3, 0.4) is 0 Å². The summed E-state index contributed by atoms with van der Waals surface area (Å²) >= 11 is 0. The summed E-state index contributed by atoms with van der Waals surface area (Å²) < 4.78 is 1.24. The number of unbranched alkanes of at least 4 members (excludes halogenated alkanes) is 12. The molecule has 0 aliphatic rings. The molecule has 0 fully saturated rings. The zero-order valence-electron chi connectivity index (χ0n) is 15.8. The maximum Gasteiger partial charge on any atom is 0.0782 e. The standard InChI is InChI=1S/C20H44N/c1-5-7-9-11-12-13-14-15-16-18-20-21(3,4)19-17-10-8-6-2/h5-20H2,1-4H3/q+1. The van der Waals surface area contributed by atoms with Crippen LogP contribution in [0.2, 0.25) is 0 Å². The van der Waals surface area contributed by atoms with Gasteiger partial charge >= 0.3 is 0 Å². The van der Waals surface area contributed by atoms with Crippen LogP contribution in [0, 0.1) is 0 Å². The largest absolute Gasteiger partial charge is 0.328 e. The highest BCUT2D eigenvalue weighted by Gasteiger charge is 2.13. The monoisotopic (exact) mass is 298 g/mol. The first kappa shape index (κ1) is 21.0. The number of hydrogen-bond donors (Lipinski definition) is 0. The van der Waals surface area contributed by atoms with E-state index in [4.69, 9.17) is 0 Å². The van der Waals surface area contributed by atoms with E-state index in [2.05, 4.69) is 27.9 Å². The van der Waals surface area contributed by atoms with Crippen LogP contribution in [0.4, 0.5) is 0 Å². The molecule has 21 heavy (non-hydrogen) atoms. The van der Waals surface area contributed by atoms with E-state index in [9.17, 15) is 0 Å². The lowest BCUT2D eigenvalue weighted by Crippen LogP contribution is -2.41. The smallest absolute Gasteiger partial charge is 0.0782 e. The summed E-state index contributed by atoms with van der Waals surface area (Å²) in [5.41, 5.74) is 0. The number of rotatable bonds is 16. The lowest BCUT2D eigenvalue weighted by molar-refractivity contribution is -0.890. The van der Waals surface area contributed by atoms with Gasteiger partial charge in [-0.15, -0.1) is 0 Å². The fraction of sp³-hybridized carbons (Fsp3) is 1.00. The molecule has 0 aromatic rings. The Morgan fingerprint density at radius 2 is 0.714 bits per heavy atom. The van der Waals surface area contributed by atoms with Gasteiger partial charge in [-0.25, -0.2) is 0 Å². The molecule has 0 rings (SSSR count). The Bertz CT molecular complexity index is 198. The third kappa shape index (κ3) is 16.2. The lowest BCUT2D eigenvalue weighted by Gasteiger charge is -2.30. The third-order valence-electron chi connectivity index (χ3n) is 4.73. The molecule has 0 aromatic heterocycles. The van der Waals surface area contributed by atoms with Gasteiger partial charge in [-0.3, -0.25) is 0 Å². The van der Waals surface area contributed by atoms with Crippen LogP contribution in [0.15, 0.2) is 0 Å². The summed E-state index contributed by atoms with van der Waals surface area (Å²) in [7, 11) is 4.83. The predicted molar refractivity (Wildman–Crippen MR) is 97.8 cm³/mol. The minimum Gasteiger partial charge on any atom is -0.328 e. The van der Waals surface area contributed by atoms with Crippen LogP contribution in [0.5, 0.6) is 0 Å². The third-order valence-corrected chi connectivity index (χ3v) is 4.73. The van der Waals surface area contributed by atoms with Gasteiger partial charge in [-0.2, -0.15) is 0 Å². The fourth-order valence-electron chi connectivity index (χ4n) is 3.11. The van der Waals surface area contributed by atoms with Crippen molar-refractivity contribution in [2.75, 3.05) is 27.2 Å². The molecule has 0 aliphatic carbocycles. The van der Waals surface area contributed by atoms with E-state index in [0.29, 0.717) is 0 Å². The van der Waals surface area contributed by atoms with Crippen molar-refractivity contribution in [1.82, 2.24) is 0 Å². The van der Waals surface area contributed by atoms with Crippen LogP contribution in [-0.4, -0.2) is 31.7 Å². The number of quaternary nitrogens is 1. The van der Waals surface area contributed by atoms with Crippen molar-refractivity contribution < 1.29 is 4.48 Å². The van der Waals surface area contributed by atoms with Gasteiger partial charge in [0.1, 0.15) is 0 Å². The molecule has 0 saturated carbocycles. The van der Waals surface area contributed by atoms with E-state index >= 15 is 0 Å². The zero-order chi connectivity index (χ0) is 15.8. The Hall–Kier alpha value is -0.0400. The molecular weight excluding hydrogens is 254 g/mol. The van der Waals surface area contributed by atoms with Gasteiger partial charge in [-0.05, 0) is 25.7 Å². The van der Waals surface area contributed by atoms with Gasteiger partial charge < -0.3 is 4.48 Å². The van der Waals surface area contributed by atoms with Crippen LogP contribution in [0.25, 0.3) is 0 Å². The SMILES string of the molecule is CCCCCCCCCCCC[N+](C)(C)CCCCCC. The topological polar surface area (TPSA) is 0 Å². The Kier molecular flexibility index (Phi) is 14.9. The van der Waals surface area contributed by atoms with Crippen molar-refractivity contribution in [3.8, 4) is 0 Å². The molecule has 128 valence electrons. The molecule has 0 aliphatic heterocycles. The van der Waals surface area contributed by atoms with Gasteiger partial charge in [0.15, 0.2) is 0 Å². The first-order valence-corrected chi connectivity index (χ1v) is 9.94. The normalized spacial score (nSPS) is 12.0. The highest BCUT2D eigenvalue weighted by atomic mass is 15.3. The van der Waals surface area contributed by atoms with Gasteiger partial charge in [0, 0.05) is 0 Å². The molecule has 0 amide bonds. The van der Waals surface area contributed by atoms with E-state index in [0.717, 1.165) is 0 Å². The molecule has 1 heteroatoms. The number of hydrogen-bond acceptors (Lipinski definition) is 0. The van der Waals surface area contributed by atoms with Crippen molar-refractivity contribution in [2.45, 2.75) is 104 Å². The first-order chi connectivity index (χ1) is 10.1. The quantitative estimate of drug-likeness (QED) is 0.223. The summed E-state index contributed by atoms with van der Waals surface area (Å²) in [6.45, 7) is 7.34. The highest BCUT2D eigenvalue weighted by molar-refractivity contribution is 4.48. The summed E-state index contributed by atoms with van der Waals surface area (Å²) in [4.78, 5) is 0. The second-order valence-corrected chi connectivity index (χ2v) is 7.63. The fourth-order valence-corrected chi connectivity index (χ4v) is 3.11. The predicted octanol–water partition coefficient (Wildman–Crippen LogP) is 6.56. The van der Waals surface area contributed by atoms with Gasteiger partial charge in [0.2, 0.25) is 0 Å². The molecule has 0 aromatic carbocycles. The van der Waals surface area contributed by atoms with Crippen molar-refractivity contribution in [3.63, 3.8) is 0 Å². The minimum absolute atomic E-state index is 1.24. The van der Waals surface area contributed by atoms with Crippen LogP contribution in [0.1, 0.15) is 104 Å². The average Bonchev–Trinajstić information content (AvgIpc) is 2.45. The molecule has 0 unspecified atom stereocenters. The molecule has 0 bridgehead atoms. The first-order valence-electron chi connectivity index (χ1n) is 9.94. The van der Waals surface area contributed by atoms with Crippen molar-refractivity contribution in [2.24, 2.45) is 0 Å². The van der Waals surface area contributed by atoms with Crippen molar-refractivity contribution >= 4 is 0 Å². The van der Waals surface area contributed by atoms with Gasteiger partial charge in [0.05, 0.1) is 27.2 Å². The molecule has 0 atom stereocenters. The van der Waals surface area contributed by atoms with Crippen molar-refractivity contribution in [3.05, 3.63) is 0 Å². The second-order valence-electron chi connectivity index (χ2n) is 7.63. The van der Waals surface area contributed by atoms with E-state index < -0.39 is 0 Å². The summed E-state index contributed by atoms with van der Waals surface area (Å²) in [5, 5.41) is 0.